The summed E-state index contributed by atoms with van der Waals surface area (Å²) in [6.45, 7) is 3.89. The van der Waals surface area contributed by atoms with Crippen molar-refractivity contribution in [2.24, 2.45) is 0 Å². The lowest BCUT2D eigenvalue weighted by atomic mass is 10.1. The van der Waals surface area contributed by atoms with Crippen LogP contribution < -0.4 is 24.2 Å². The van der Waals surface area contributed by atoms with Crippen molar-refractivity contribution in [2.45, 2.75) is 25.3 Å². The third kappa shape index (κ3) is 6.64. The van der Waals surface area contributed by atoms with E-state index in [0.717, 1.165) is 16.7 Å². The Labute approximate surface area is 199 Å². The van der Waals surface area contributed by atoms with Gasteiger partial charge in [-0.05, 0) is 79.1 Å². The van der Waals surface area contributed by atoms with E-state index in [1.54, 1.807) is 38.5 Å². The van der Waals surface area contributed by atoms with E-state index in [0.29, 0.717) is 29.5 Å². The van der Waals surface area contributed by atoms with Gasteiger partial charge in [0.05, 0.1) is 19.1 Å². The van der Waals surface area contributed by atoms with E-state index in [9.17, 15) is 13.2 Å². The summed E-state index contributed by atoms with van der Waals surface area (Å²) in [5, 5.41) is 2.76. The Bertz CT molecular complexity index is 1240. The first kappa shape index (κ1) is 24.9. The molecule has 0 saturated carbocycles. The summed E-state index contributed by atoms with van der Waals surface area (Å²) in [7, 11) is -0.648. The van der Waals surface area contributed by atoms with Gasteiger partial charge in [0, 0.05) is 12.2 Å². The summed E-state index contributed by atoms with van der Waals surface area (Å²) in [5.74, 6) is 1.25. The number of carbonyl (C=O) groups excluding carboxylic acids is 1. The van der Waals surface area contributed by atoms with Crippen LogP contribution in [0.1, 0.15) is 16.7 Å². The maximum atomic E-state index is 12.7. The summed E-state index contributed by atoms with van der Waals surface area (Å²) >= 11 is 0. The van der Waals surface area contributed by atoms with E-state index in [2.05, 4.69) is 10.0 Å². The van der Waals surface area contributed by atoms with Gasteiger partial charge in [-0.15, -0.1) is 0 Å². The Kier molecular flexibility index (Phi) is 8.01. The molecule has 3 aromatic carbocycles. The zero-order valence-electron chi connectivity index (χ0n) is 19.5. The number of methoxy groups -OCH3 is 2. The highest BCUT2D eigenvalue weighted by Gasteiger charge is 2.15. The number of hydrogen-bond acceptors (Lipinski definition) is 6. The summed E-state index contributed by atoms with van der Waals surface area (Å²) in [4.78, 5) is 12.2. The number of amides is 1. The minimum atomic E-state index is -3.75. The van der Waals surface area contributed by atoms with Crippen LogP contribution in [0.15, 0.2) is 65.6 Å². The molecule has 0 saturated heterocycles. The molecule has 8 nitrogen and oxygen atoms in total. The number of benzene rings is 3. The van der Waals surface area contributed by atoms with Crippen LogP contribution in [0.5, 0.6) is 17.2 Å². The van der Waals surface area contributed by atoms with E-state index in [-0.39, 0.29) is 17.4 Å². The van der Waals surface area contributed by atoms with Crippen molar-refractivity contribution in [1.29, 1.82) is 0 Å². The third-order valence-electron chi connectivity index (χ3n) is 4.92. The molecule has 0 radical (unpaired) electrons. The molecule has 0 bridgehead atoms. The minimum Gasteiger partial charge on any atom is -0.493 e. The standard InChI is InChI=1S/C25H28N2O6S/c1-17-11-18(2)13-20(12-17)27-34(29,30)22-8-6-21(7-9-22)33-16-25(28)26-15-19-5-10-23(31-3)24(14-19)32-4/h5-14,27H,15-16H2,1-4H3,(H,26,28). The van der Waals surface area contributed by atoms with Gasteiger partial charge in [0.2, 0.25) is 0 Å². The van der Waals surface area contributed by atoms with Crippen LogP contribution in [0.3, 0.4) is 0 Å². The number of carbonyl (C=O) groups is 1. The van der Waals surface area contributed by atoms with Crippen molar-refractivity contribution in [3.8, 4) is 17.2 Å². The van der Waals surface area contributed by atoms with Crippen molar-refractivity contribution in [3.05, 3.63) is 77.4 Å². The van der Waals surface area contributed by atoms with Gasteiger partial charge in [-0.3, -0.25) is 9.52 Å². The topological polar surface area (TPSA) is 103 Å². The molecule has 0 atom stereocenters. The van der Waals surface area contributed by atoms with Gasteiger partial charge in [-0.1, -0.05) is 12.1 Å². The Morgan fingerprint density at radius 1 is 0.853 bits per heavy atom. The summed E-state index contributed by atoms with van der Waals surface area (Å²) in [5.41, 5.74) is 3.28. The second kappa shape index (κ2) is 10.9. The van der Waals surface area contributed by atoms with E-state index in [1.165, 1.54) is 24.3 Å². The molecule has 1 amide bonds. The van der Waals surface area contributed by atoms with E-state index >= 15 is 0 Å². The van der Waals surface area contributed by atoms with Crippen molar-refractivity contribution < 1.29 is 27.4 Å². The van der Waals surface area contributed by atoms with Crippen molar-refractivity contribution >= 4 is 21.6 Å². The molecular formula is C25H28N2O6S. The molecule has 0 aromatic heterocycles. The number of anilines is 1. The van der Waals surface area contributed by atoms with Crippen LogP contribution in [0.4, 0.5) is 5.69 Å². The smallest absolute Gasteiger partial charge is 0.261 e. The van der Waals surface area contributed by atoms with Crippen LogP contribution in [-0.2, 0) is 21.4 Å². The Morgan fingerprint density at radius 3 is 2.12 bits per heavy atom. The van der Waals surface area contributed by atoms with Crippen LogP contribution >= 0.6 is 0 Å². The molecule has 0 spiro atoms. The normalized spacial score (nSPS) is 10.9. The molecule has 2 N–H and O–H groups in total. The first-order valence-corrected chi connectivity index (χ1v) is 12.0. The molecule has 0 fully saturated rings. The number of hydrogen-bond donors (Lipinski definition) is 2. The molecule has 3 rings (SSSR count). The predicted octanol–water partition coefficient (Wildman–Crippen LogP) is 3.82. The fourth-order valence-electron chi connectivity index (χ4n) is 3.35. The zero-order valence-corrected chi connectivity index (χ0v) is 20.4. The average molecular weight is 485 g/mol. The maximum Gasteiger partial charge on any atom is 0.261 e. The van der Waals surface area contributed by atoms with Crippen LogP contribution in [0.25, 0.3) is 0 Å². The van der Waals surface area contributed by atoms with Gasteiger partial charge in [-0.2, -0.15) is 0 Å². The Hall–Kier alpha value is -3.72. The molecule has 0 unspecified atom stereocenters. The third-order valence-corrected chi connectivity index (χ3v) is 6.31. The SMILES string of the molecule is COc1ccc(CNC(=O)COc2ccc(S(=O)(=O)Nc3cc(C)cc(C)c3)cc2)cc1OC. The molecule has 3 aromatic rings. The largest absolute Gasteiger partial charge is 0.493 e. The van der Waals surface area contributed by atoms with E-state index in [1.807, 2.05) is 26.0 Å². The second-order valence-corrected chi connectivity index (χ2v) is 9.39. The Morgan fingerprint density at radius 2 is 1.50 bits per heavy atom. The van der Waals surface area contributed by atoms with Gasteiger partial charge in [0.25, 0.3) is 15.9 Å². The van der Waals surface area contributed by atoms with Crippen LogP contribution in [0.2, 0.25) is 0 Å². The molecular weight excluding hydrogens is 456 g/mol. The van der Waals surface area contributed by atoms with Crippen molar-refractivity contribution in [2.75, 3.05) is 25.5 Å². The van der Waals surface area contributed by atoms with Gasteiger partial charge in [0.1, 0.15) is 5.75 Å². The highest BCUT2D eigenvalue weighted by molar-refractivity contribution is 7.92. The molecule has 180 valence electrons. The lowest BCUT2D eigenvalue weighted by Gasteiger charge is -2.12. The highest BCUT2D eigenvalue weighted by atomic mass is 32.2. The molecule has 0 aliphatic carbocycles. The Balaban J connectivity index is 1.53. The molecule has 0 aliphatic heterocycles. The number of ether oxygens (including phenoxy) is 3. The fraction of sp³-hybridized carbons (Fsp3) is 0.240. The quantitative estimate of drug-likeness (QED) is 0.454. The van der Waals surface area contributed by atoms with E-state index in [4.69, 9.17) is 14.2 Å². The summed E-state index contributed by atoms with van der Waals surface area (Å²) in [6.07, 6.45) is 0. The highest BCUT2D eigenvalue weighted by Crippen LogP contribution is 2.27. The molecule has 9 heteroatoms. The number of rotatable bonds is 10. The van der Waals surface area contributed by atoms with Crippen LogP contribution in [-0.4, -0.2) is 35.2 Å². The van der Waals surface area contributed by atoms with Crippen molar-refractivity contribution in [3.63, 3.8) is 0 Å². The first-order chi connectivity index (χ1) is 16.2. The summed E-state index contributed by atoms with van der Waals surface area (Å²) < 4.78 is 43.9. The van der Waals surface area contributed by atoms with Crippen molar-refractivity contribution in [1.82, 2.24) is 5.32 Å². The van der Waals surface area contributed by atoms with Gasteiger partial charge in [-0.25, -0.2) is 8.42 Å². The lowest BCUT2D eigenvalue weighted by molar-refractivity contribution is -0.123. The van der Waals surface area contributed by atoms with Gasteiger partial charge in [0.15, 0.2) is 18.1 Å². The summed E-state index contributed by atoms with van der Waals surface area (Å²) in [6, 6.07) is 16.8. The fourth-order valence-corrected chi connectivity index (χ4v) is 4.39. The van der Waals surface area contributed by atoms with E-state index < -0.39 is 10.0 Å². The monoisotopic (exact) mass is 484 g/mol. The number of aryl methyl sites for hydroxylation is 2. The lowest BCUT2D eigenvalue weighted by Crippen LogP contribution is -2.28. The zero-order chi connectivity index (χ0) is 24.7. The maximum absolute atomic E-state index is 12.7. The molecule has 34 heavy (non-hydrogen) atoms. The minimum absolute atomic E-state index is 0.0944. The van der Waals surface area contributed by atoms with Gasteiger partial charge >= 0.3 is 0 Å². The predicted molar refractivity (Wildman–Crippen MR) is 130 cm³/mol. The number of nitrogens with one attached hydrogen (secondary N) is 2. The average Bonchev–Trinajstić information content (AvgIpc) is 2.80. The van der Waals surface area contributed by atoms with Crippen LogP contribution in [0, 0.1) is 13.8 Å². The molecule has 0 heterocycles. The first-order valence-electron chi connectivity index (χ1n) is 10.5. The van der Waals surface area contributed by atoms with Gasteiger partial charge < -0.3 is 19.5 Å². The molecule has 0 aliphatic rings. The number of sulfonamides is 1. The second-order valence-electron chi connectivity index (χ2n) is 7.71.